The van der Waals surface area contributed by atoms with Gasteiger partial charge < -0.3 is 5.32 Å². The van der Waals surface area contributed by atoms with Crippen molar-refractivity contribution in [1.29, 1.82) is 0 Å². The molecule has 0 saturated heterocycles. The van der Waals surface area contributed by atoms with Crippen LogP contribution in [0.25, 0.3) is 5.82 Å². The van der Waals surface area contributed by atoms with Crippen molar-refractivity contribution >= 4 is 45.9 Å². The number of carbonyl (C=O) groups excluding carboxylic acids is 2. The lowest BCUT2D eigenvalue weighted by atomic mass is 9.95. The molecular weight excluding hydrogens is 712 g/mol. The topological polar surface area (TPSA) is 108 Å². The van der Waals surface area contributed by atoms with E-state index in [2.05, 4.69) is 48.3 Å². The number of rotatable bonds is 10. The van der Waals surface area contributed by atoms with Crippen LogP contribution in [0.1, 0.15) is 56.2 Å². The Morgan fingerprint density at radius 1 is 1.16 bits per heavy atom. The van der Waals surface area contributed by atoms with E-state index in [1.54, 1.807) is 19.1 Å². The van der Waals surface area contributed by atoms with Gasteiger partial charge >= 0.3 is 12.1 Å². The van der Waals surface area contributed by atoms with Crippen LogP contribution in [0.15, 0.2) is 42.7 Å². The van der Waals surface area contributed by atoms with Crippen LogP contribution in [0, 0.1) is 16.4 Å². The van der Waals surface area contributed by atoms with Crippen molar-refractivity contribution in [2.45, 2.75) is 44.8 Å². The Kier molecular flexibility index (Phi) is 8.57. The Balaban J connectivity index is 1.48. The number of carbonyl (C=O) groups is 2. The molecule has 1 fully saturated rings. The Labute approximate surface area is 259 Å². The Bertz CT molecular complexity index is 1700. The Morgan fingerprint density at radius 3 is 2.58 bits per heavy atom. The fourth-order valence-corrected chi connectivity index (χ4v) is 5.33. The first-order valence-corrected chi connectivity index (χ1v) is 14.4. The van der Waals surface area contributed by atoms with Gasteiger partial charge in [-0.15, -0.1) is 5.10 Å². The number of pyridine rings is 1. The molecule has 0 atom stereocenters. The summed E-state index contributed by atoms with van der Waals surface area (Å²) in [6.45, 7) is 1.94. The number of ketones is 1. The van der Waals surface area contributed by atoms with E-state index in [0.29, 0.717) is 29.8 Å². The maximum Gasteiger partial charge on any atom is 0.459 e. The maximum atomic E-state index is 13.8. The van der Waals surface area contributed by atoms with Gasteiger partial charge in [0.2, 0.25) is 0 Å². The normalized spacial score (nSPS) is 13.8. The molecule has 3 heterocycles. The van der Waals surface area contributed by atoms with Gasteiger partial charge in [-0.05, 0) is 89.7 Å². The van der Waals surface area contributed by atoms with Crippen LogP contribution < -0.4 is 5.32 Å². The molecule has 4 aromatic rings. The monoisotopic (exact) mass is 733 g/mol. The smallest absolute Gasteiger partial charge is 0.352 e. The molecule has 1 saturated carbocycles. The minimum Gasteiger partial charge on any atom is -0.352 e. The first-order chi connectivity index (χ1) is 20.2. The van der Waals surface area contributed by atoms with E-state index in [1.807, 2.05) is 6.07 Å². The lowest BCUT2D eigenvalue weighted by Crippen LogP contribution is -2.34. The molecule has 0 spiro atoms. The summed E-state index contributed by atoms with van der Waals surface area (Å²) in [5.74, 6) is -5.43. The number of alkyl halides is 5. The van der Waals surface area contributed by atoms with Crippen molar-refractivity contribution in [2.24, 2.45) is 5.92 Å². The molecule has 0 bridgehead atoms. The van der Waals surface area contributed by atoms with Gasteiger partial charge in [-0.3, -0.25) is 9.59 Å². The minimum atomic E-state index is -5.86. The number of nitrogens with one attached hydrogen (secondary N) is 1. The zero-order chi connectivity index (χ0) is 31.1. The second-order valence-electron chi connectivity index (χ2n) is 10.1. The van der Waals surface area contributed by atoms with Gasteiger partial charge in [0.25, 0.3) is 5.91 Å². The third-order valence-electron chi connectivity index (χ3n) is 6.79. The highest BCUT2D eigenvalue weighted by atomic mass is 127. The van der Waals surface area contributed by atoms with Crippen molar-refractivity contribution in [3.63, 3.8) is 0 Å². The fraction of sp³-hybridized carbons (Fsp3) is 0.333. The van der Waals surface area contributed by atoms with Crippen LogP contribution in [0.2, 0.25) is 5.02 Å². The molecule has 1 aliphatic carbocycles. The minimum absolute atomic E-state index is 0.00107. The molecule has 5 rings (SSSR count). The highest BCUT2D eigenvalue weighted by Gasteiger charge is 2.60. The van der Waals surface area contributed by atoms with Gasteiger partial charge in [0, 0.05) is 28.3 Å². The van der Waals surface area contributed by atoms with Gasteiger partial charge in [-0.25, -0.2) is 14.3 Å². The van der Waals surface area contributed by atoms with Crippen molar-refractivity contribution < 1.29 is 31.5 Å². The summed E-state index contributed by atoms with van der Waals surface area (Å²) < 4.78 is 68.6. The first-order valence-electron chi connectivity index (χ1n) is 12.9. The Morgan fingerprint density at radius 2 is 1.91 bits per heavy atom. The molecule has 1 amide bonds. The van der Waals surface area contributed by atoms with E-state index in [4.69, 9.17) is 11.6 Å². The largest absolute Gasteiger partial charge is 0.459 e. The fourth-order valence-electron chi connectivity index (χ4n) is 4.35. The zero-order valence-electron chi connectivity index (χ0n) is 22.3. The summed E-state index contributed by atoms with van der Waals surface area (Å²) in [6.07, 6.45) is -2.06. The van der Waals surface area contributed by atoms with Gasteiger partial charge in [0.1, 0.15) is 5.69 Å². The number of nitrogens with zero attached hydrogens (tertiary/aromatic N) is 6. The van der Waals surface area contributed by atoms with E-state index in [9.17, 15) is 31.5 Å². The van der Waals surface area contributed by atoms with Crippen LogP contribution in [-0.4, -0.2) is 54.2 Å². The first kappa shape index (κ1) is 31.0. The number of benzene rings is 1. The van der Waals surface area contributed by atoms with Crippen LogP contribution in [-0.2, 0) is 18.9 Å². The predicted molar refractivity (Wildman–Crippen MR) is 152 cm³/mol. The molecule has 1 aromatic carbocycles. The molecule has 0 radical (unpaired) electrons. The summed E-state index contributed by atoms with van der Waals surface area (Å²) in [7, 11) is 0. The van der Waals surface area contributed by atoms with Crippen molar-refractivity contribution in [2.75, 3.05) is 6.54 Å². The number of Topliss-reactive ketones (excluding diaryl/α,β-unsaturated/α-hetero) is 1. The van der Waals surface area contributed by atoms with Crippen LogP contribution >= 0.6 is 34.2 Å². The number of amides is 1. The third-order valence-corrected chi connectivity index (χ3v) is 7.71. The SMILES string of the molecule is Cc1cc(I)cc(C(=O)NCC2CC2)c1CC(=O)c1cc(Cn2cc(C(F)(F)C(F)(F)F)nn2)nn1-c1ncccc1Cl. The van der Waals surface area contributed by atoms with Crippen LogP contribution in [0.4, 0.5) is 22.0 Å². The summed E-state index contributed by atoms with van der Waals surface area (Å²) in [4.78, 5) is 31.1. The number of hydrogen-bond donors (Lipinski definition) is 1. The molecule has 0 aliphatic heterocycles. The summed E-state index contributed by atoms with van der Waals surface area (Å²) in [5, 5.41) is 13.8. The molecule has 1 aliphatic rings. The van der Waals surface area contributed by atoms with Gasteiger partial charge in [0.15, 0.2) is 17.3 Å². The summed E-state index contributed by atoms with van der Waals surface area (Å²) >= 11 is 8.43. The molecule has 3 aromatic heterocycles. The lowest BCUT2D eigenvalue weighted by molar-refractivity contribution is -0.291. The third kappa shape index (κ3) is 6.71. The average Bonchev–Trinajstić information content (AvgIpc) is 3.48. The second kappa shape index (κ2) is 11.9. The van der Waals surface area contributed by atoms with E-state index in [0.717, 1.165) is 31.3 Å². The van der Waals surface area contributed by atoms with Crippen molar-refractivity contribution in [3.8, 4) is 5.82 Å². The highest BCUT2D eigenvalue weighted by molar-refractivity contribution is 14.1. The van der Waals surface area contributed by atoms with Crippen molar-refractivity contribution in [3.05, 3.63) is 85.1 Å². The molecule has 1 N–H and O–H groups in total. The van der Waals surface area contributed by atoms with Crippen LogP contribution in [0.5, 0.6) is 0 Å². The maximum absolute atomic E-state index is 13.8. The number of aryl methyl sites for hydroxylation is 1. The number of hydrogen-bond acceptors (Lipinski definition) is 6. The van der Waals surface area contributed by atoms with Gasteiger partial charge in [-0.1, -0.05) is 16.8 Å². The molecule has 226 valence electrons. The van der Waals surface area contributed by atoms with E-state index < -0.39 is 30.1 Å². The van der Waals surface area contributed by atoms with Gasteiger partial charge in [0.05, 0.1) is 23.5 Å². The van der Waals surface area contributed by atoms with E-state index in [-0.39, 0.29) is 34.6 Å². The molecule has 0 unspecified atom stereocenters. The standard InChI is InChI=1S/C27H22ClF5IN7O2/c1-14-7-16(34)8-19(25(43)36-11-15-4-5-15)18(14)10-22(42)21-9-17(38-41(21)24-20(28)3-2-6-35-24)12-40-13-23(37-39-40)26(29,30)27(31,32)33/h2-3,6-9,13,15H,4-5,10-12H2,1H3,(H,36,43). The second-order valence-corrected chi connectivity index (χ2v) is 11.8. The molecule has 43 heavy (non-hydrogen) atoms. The lowest BCUT2D eigenvalue weighted by Gasteiger charge is -2.16. The average molecular weight is 734 g/mol. The molecular formula is C27H22ClF5IN7O2. The quantitative estimate of drug-likeness (QED) is 0.128. The van der Waals surface area contributed by atoms with Crippen LogP contribution in [0.3, 0.4) is 0 Å². The Hall–Kier alpha value is -3.47. The molecule has 9 nitrogen and oxygen atoms in total. The van der Waals surface area contributed by atoms with Crippen molar-refractivity contribution in [1.82, 2.24) is 35.1 Å². The van der Waals surface area contributed by atoms with Gasteiger partial charge in [-0.2, -0.15) is 27.1 Å². The zero-order valence-corrected chi connectivity index (χ0v) is 25.2. The highest BCUT2D eigenvalue weighted by Crippen LogP contribution is 2.42. The van der Waals surface area contributed by atoms with E-state index in [1.165, 1.54) is 18.3 Å². The molecule has 16 heteroatoms. The summed E-state index contributed by atoms with van der Waals surface area (Å²) in [5.41, 5.74) is 0.0963. The summed E-state index contributed by atoms with van der Waals surface area (Å²) in [6, 6.07) is 7.98. The predicted octanol–water partition coefficient (Wildman–Crippen LogP) is 5.69. The van der Waals surface area contributed by atoms with E-state index >= 15 is 0 Å². The number of halogens is 7. The number of aromatic nitrogens is 6.